The Morgan fingerprint density at radius 1 is 1.33 bits per heavy atom. The van der Waals surface area contributed by atoms with Gasteiger partial charge in [0.05, 0.1) is 5.41 Å². The van der Waals surface area contributed by atoms with Gasteiger partial charge in [0.25, 0.3) is 0 Å². The maximum atomic E-state index is 11.9. The number of carbonyl (C=O) groups excluding carboxylic acids is 1. The summed E-state index contributed by atoms with van der Waals surface area (Å²) in [7, 11) is 0. The first kappa shape index (κ1) is 15.0. The number of nitrogens with two attached hydrogens (primary N) is 1. The summed E-state index contributed by atoms with van der Waals surface area (Å²) in [5.41, 5.74) is 4.03. The highest BCUT2D eigenvalue weighted by Gasteiger charge is 2.44. The highest BCUT2D eigenvalue weighted by molar-refractivity contribution is 5.81. The Kier molecular flexibility index (Phi) is 4.05. The van der Waals surface area contributed by atoms with Gasteiger partial charge in [-0.1, -0.05) is 0 Å². The van der Waals surface area contributed by atoms with Gasteiger partial charge in [-0.3, -0.25) is 9.59 Å². The molecule has 1 rings (SSSR count). The maximum absolute atomic E-state index is 11.9. The number of aliphatic carboxylic acids is 1. The summed E-state index contributed by atoms with van der Waals surface area (Å²) in [6.07, 6.45) is 2.46. The molecule has 0 aromatic rings. The van der Waals surface area contributed by atoms with Crippen LogP contribution in [0.2, 0.25) is 0 Å². The molecule has 0 spiro atoms. The molecule has 18 heavy (non-hydrogen) atoms. The van der Waals surface area contributed by atoms with Crippen molar-refractivity contribution in [3.63, 3.8) is 0 Å². The van der Waals surface area contributed by atoms with Gasteiger partial charge >= 0.3 is 5.97 Å². The number of hydrogen-bond acceptors (Lipinski definition) is 3. The molecule has 0 aliphatic heterocycles. The van der Waals surface area contributed by atoms with Crippen molar-refractivity contribution in [2.45, 2.75) is 58.5 Å². The predicted octanol–water partition coefficient (Wildman–Crippen LogP) is 1.12. The van der Waals surface area contributed by atoms with Crippen LogP contribution < -0.4 is 11.1 Å². The van der Waals surface area contributed by atoms with E-state index in [9.17, 15) is 14.7 Å². The molecule has 1 fully saturated rings. The van der Waals surface area contributed by atoms with Crippen LogP contribution in [0.5, 0.6) is 0 Å². The lowest BCUT2D eigenvalue weighted by Gasteiger charge is -2.39. The molecule has 0 saturated heterocycles. The Morgan fingerprint density at radius 3 is 2.22 bits per heavy atom. The number of carbonyl (C=O) groups is 2. The first-order chi connectivity index (χ1) is 8.08. The average Bonchev–Trinajstić information content (AvgIpc) is 2.98. The average molecular weight is 256 g/mol. The third kappa shape index (κ3) is 3.22. The lowest BCUT2D eigenvalue weighted by molar-refractivity contribution is -0.151. The fourth-order valence-electron chi connectivity index (χ4n) is 1.73. The van der Waals surface area contributed by atoms with E-state index in [2.05, 4.69) is 5.32 Å². The van der Waals surface area contributed by atoms with Crippen LogP contribution in [0.15, 0.2) is 0 Å². The van der Waals surface area contributed by atoms with Crippen molar-refractivity contribution in [3.05, 3.63) is 0 Å². The number of hydrogen-bond donors (Lipinski definition) is 3. The summed E-state index contributed by atoms with van der Waals surface area (Å²) in [5.74, 6) is -0.639. The fourth-order valence-corrected chi connectivity index (χ4v) is 1.73. The van der Waals surface area contributed by atoms with E-state index in [1.165, 1.54) is 0 Å². The highest BCUT2D eigenvalue weighted by atomic mass is 16.4. The van der Waals surface area contributed by atoms with Crippen molar-refractivity contribution >= 4 is 11.9 Å². The minimum atomic E-state index is -1.04. The second kappa shape index (κ2) is 4.88. The Bertz CT molecular complexity index is 346. The molecule has 0 bridgehead atoms. The van der Waals surface area contributed by atoms with Gasteiger partial charge in [-0.15, -0.1) is 0 Å². The number of carboxylic acids is 1. The van der Waals surface area contributed by atoms with Crippen LogP contribution in [0.25, 0.3) is 0 Å². The summed E-state index contributed by atoms with van der Waals surface area (Å²) in [6.45, 7) is 6.66. The first-order valence-corrected chi connectivity index (χ1v) is 6.38. The molecular formula is C13H24N2O3. The lowest BCUT2D eigenvalue weighted by atomic mass is 9.74. The van der Waals surface area contributed by atoms with Gasteiger partial charge < -0.3 is 16.2 Å². The molecule has 1 saturated carbocycles. The van der Waals surface area contributed by atoms with E-state index in [0.29, 0.717) is 5.92 Å². The summed E-state index contributed by atoms with van der Waals surface area (Å²) in [5, 5.41) is 12.0. The molecule has 1 atom stereocenters. The molecule has 1 amide bonds. The Hall–Kier alpha value is -1.10. The molecule has 1 unspecified atom stereocenters. The molecule has 0 aromatic carbocycles. The third-order valence-electron chi connectivity index (χ3n) is 4.20. The molecule has 0 heterocycles. The number of nitrogens with one attached hydrogen (secondary N) is 1. The standard InChI is InChI=1S/C13H24N2O3/c1-12(2,11(17)18)13(3,4)15-10(16)7-9(14)8-5-6-8/h8-9H,5-7,14H2,1-4H3,(H,15,16)(H,17,18). The molecular weight excluding hydrogens is 232 g/mol. The summed E-state index contributed by atoms with van der Waals surface area (Å²) >= 11 is 0. The van der Waals surface area contributed by atoms with Crippen LogP contribution in [0, 0.1) is 11.3 Å². The van der Waals surface area contributed by atoms with Gasteiger partial charge in [-0.2, -0.15) is 0 Å². The summed E-state index contributed by atoms with van der Waals surface area (Å²) < 4.78 is 0. The van der Waals surface area contributed by atoms with E-state index in [-0.39, 0.29) is 18.4 Å². The van der Waals surface area contributed by atoms with Crippen molar-refractivity contribution in [1.82, 2.24) is 5.32 Å². The molecule has 0 aromatic heterocycles. The highest BCUT2D eigenvalue weighted by Crippen LogP contribution is 2.34. The van der Waals surface area contributed by atoms with Gasteiger partial charge in [0, 0.05) is 18.0 Å². The Labute approximate surface area is 108 Å². The van der Waals surface area contributed by atoms with Gasteiger partial charge in [-0.25, -0.2) is 0 Å². The van der Waals surface area contributed by atoms with E-state index < -0.39 is 16.9 Å². The van der Waals surface area contributed by atoms with E-state index in [4.69, 9.17) is 5.73 Å². The van der Waals surface area contributed by atoms with Crippen molar-refractivity contribution in [2.24, 2.45) is 17.1 Å². The second-order valence-corrected chi connectivity index (χ2v) is 6.31. The zero-order valence-corrected chi connectivity index (χ0v) is 11.6. The first-order valence-electron chi connectivity index (χ1n) is 6.38. The van der Waals surface area contributed by atoms with Gasteiger partial charge in [0.1, 0.15) is 0 Å². The second-order valence-electron chi connectivity index (χ2n) is 6.31. The molecule has 1 aliphatic carbocycles. The lowest BCUT2D eigenvalue weighted by Crippen LogP contribution is -2.57. The molecule has 104 valence electrons. The van der Waals surface area contributed by atoms with Crippen LogP contribution in [0.3, 0.4) is 0 Å². The van der Waals surface area contributed by atoms with Crippen LogP contribution in [-0.2, 0) is 9.59 Å². The Morgan fingerprint density at radius 2 is 1.83 bits per heavy atom. The van der Waals surface area contributed by atoms with Crippen molar-refractivity contribution in [2.75, 3.05) is 0 Å². The van der Waals surface area contributed by atoms with Crippen LogP contribution in [-0.4, -0.2) is 28.6 Å². The molecule has 5 nitrogen and oxygen atoms in total. The smallest absolute Gasteiger partial charge is 0.311 e. The van der Waals surface area contributed by atoms with Crippen molar-refractivity contribution < 1.29 is 14.7 Å². The molecule has 0 radical (unpaired) electrons. The van der Waals surface area contributed by atoms with Crippen LogP contribution in [0.1, 0.15) is 47.0 Å². The topological polar surface area (TPSA) is 92.4 Å². The van der Waals surface area contributed by atoms with Crippen molar-refractivity contribution in [1.29, 1.82) is 0 Å². The minimum absolute atomic E-state index is 0.103. The van der Waals surface area contributed by atoms with Crippen LogP contribution >= 0.6 is 0 Å². The summed E-state index contributed by atoms with van der Waals surface area (Å²) in [6, 6.07) is -0.103. The maximum Gasteiger partial charge on any atom is 0.311 e. The monoisotopic (exact) mass is 256 g/mol. The van der Waals surface area contributed by atoms with E-state index >= 15 is 0 Å². The number of rotatable bonds is 6. The van der Waals surface area contributed by atoms with Crippen molar-refractivity contribution in [3.8, 4) is 0 Å². The summed E-state index contributed by atoms with van der Waals surface area (Å²) in [4.78, 5) is 23.1. The zero-order valence-electron chi connectivity index (χ0n) is 11.6. The van der Waals surface area contributed by atoms with E-state index in [0.717, 1.165) is 12.8 Å². The predicted molar refractivity (Wildman–Crippen MR) is 69.0 cm³/mol. The zero-order chi connectivity index (χ0) is 14.1. The SMILES string of the molecule is CC(C)(NC(=O)CC(N)C1CC1)C(C)(C)C(=O)O. The van der Waals surface area contributed by atoms with Gasteiger partial charge in [0.2, 0.25) is 5.91 Å². The van der Waals surface area contributed by atoms with E-state index in [1.54, 1.807) is 27.7 Å². The fraction of sp³-hybridized carbons (Fsp3) is 0.846. The third-order valence-corrected chi connectivity index (χ3v) is 4.20. The normalized spacial score (nSPS) is 18.3. The molecule has 1 aliphatic rings. The molecule has 5 heteroatoms. The van der Waals surface area contributed by atoms with Crippen LogP contribution in [0.4, 0.5) is 0 Å². The van der Waals surface area contributed by atoms with Gasteiger partial charge in [-0.05, 0) is 46.5 Å². The molecule has 4 N–H and O–H groups in total. The number of amides is 1. The van der Waals surface area contributed by atoms with E-state index in [1.807, 2.05) is 0 Å². The Balaban J connectivity index is 2.58. The van der Waals surface area contributed by atoms with Gasteiger partial charge in [0.15, 0.2) is 0 Å². The minimum Gasteiger partial charge on any atom is -0.481 e. The largest absolute Gasteiger partial charge is 0.481 e. The quantitative estimate of drug-likeness (QED) is 0.664. The number of carboxylic acid groups (broad SMARTS) is 1.